The maximum absolute atomic E-state index is 3.64. The minimum atomic E-state index is 0.159. The first-order valence-corrected chi connectivity index (χ1v) is 12.0. The zero-order valence-corrected chi connectivity index (χ0v) is 22.1. The number of benzene rings is 1. The molecule has 1 aliphatic carbocycles. The van der Waals surface area contributed by atoms with Crippen LogP contribution < -0.4 is 5.32 Å². The topological polar surface area (TPSA) is 12.0 Å². The summed E-state index contributed by atoms with van der Waals surface area (Å²) in [5, 5.41) is 3.64. The lowest BCUT2D eigenvalue weighted by Gasteiger charge is -2.34. The van der Waals surface area contributed by atoms with Gasteiger partial charge in [-0.3, -0.25) is 0 Å². The second kappa shape index (κ2) is 9.00. The predicted octanol–water partition coefficient (Wildman–Crippen LogP) is 9.29. The van der Waals surface area contributed by atoms with E-state index in [9.17, 15) is 0 Å². The fourth-order valence-electron chi connectivity index (χ4n) is 5.47. The Balaban J connectivity index is 2.14. The SMILES string of the molecule is CC1C=C(Nc2ccc(C(C)(C)CC(C)(C)C)cc2)C=CC(C(C)(C)CC(C)(C)C)=C1. The van der Waals surface area contributed by atoms with Crippen LogP contribution in [0.1, 0.15) is 94.6 Å². The lowest BCUT2D eigenvalue weighted by Crippen LogP contribution is -2.24. The van der Waals surface area contributed by atoms with E-state index in [4.69, 9.17) is 0 Å². The average molecular weight is 422 g/mol. The molecule has 0 aromatic heterocycles. The lowest BCUT2D eigenvalue weighted by atomic mass is 9.71. The molecule has 0 aliphatic heterocycles. The van der Waals surface area contributed by atoms with E-state index in [0.29, 0.717) is 16.7 Å². The second-order valence-electron chi connectivity index (χ2n) is 13.4. The highest BCUT2D eigenvalue weighted by Crippen LogP contribution is 2.41. The maximum atomic E-state index is 3.64. The summed E-state index contributed by atoms with van der Waals surface area (Å²) in [5.74, 6) is 0.400. The highest BCUT2D eigenvalue weighted by molar-refractivity contribution is 5.54. The summed E-state index contributed by atoms with van der Waals surface area (Å²) >= 11 is 0. The number of anilines is 1. The average Bonchev–Trinajstić information content (AvgIpc) is 2.73. The third-order valence-electron chi connectivity index (χ3n) is 6.01. The number of hydrogen-bond donors (Lipinski definition) is 1. The van der Waals surface area contributed by atoms with Gasteiger partial charge in [0.05, 0.1) is 0 Å². The predicted molar refractivity (Wildman–Crippen MR) is 139 cm³/mol. The molecule has 0 radical (unpaired) electrons. The Hall–Kier alpha value is -1.76. The molecule has 1 aromatic rings. The Bertz CT molecular complexity index is 830. The molecule has 0 fully saturated rings. The molecule has 0 bridgehead atoms. The van der Waals surface area contributed by atoms with E-state index < -0.39 is 0 Å². The Kier molecular flexibility index (Phi) is 7.41. The van der Waals surface area contributed by atoms with Gasteiger partial charge < -0.3 is 5.32 Å². The number of nitrogens with one attached hydrogen (secondary N) is 1. The van der Waals surface area contributed by atoms with Crippen molar-refractivity contribution < 1.29 is 0 Å². The van der Waals surface area contributed by atoms with E-state index in [0.717, 1.165) is 18.5 Å². The molecule has 1 nitrogen and oxygen atoms in total. The molecule has 172 valence electrons. The van der Waals surface area contributed by atoms with E-state index in [-0.39, 0.29) is 10.8 Å². The van der Waals surface area contributed by atoms with Crippen molar-refractivity contribution in [3.05, 3.63) is 65.4 Å². The van der Waals surface area contributed by atoms with Crippen molar-refractivity contribution in [3.63, 3.8) is 0 Å². The Labute approximate surface area is 193 Å². The number of hydrogen-bond acceptors (Lipinski definition) is 1. The molecule has 2 rings (SSSR count). The third-order valence-corrected chi connectivity index (χ3v) is 6.01. The Morgan fingerprint density at radius 2 is 1.19 bits per heavy atom. The molecular weight excluding hydrogens is 374 g/mol. The van der Waals surface area contributed by atoms with Crippen LogP contribution in [0.25, 0.3) is 0 Å². The Morgan fingerprint density at radius 3 is 1.71 bits per heavy atom. The molecule has 1 N–H and O–H groups in total. The highest BCUT2D eigenvalue weighted by atomic mass is 14.9. The standard InChI is InChI=1S/C30H47N/c1-22-18-24(30(10,11)21-28(5,6)7)14-17-26(19-22)31-25-15-12-23(13-16-25)29(8,9)20-27(2,3)4/h12-19,22,31H,20-21H2,1-11H3. The van der Waals surface area contributed by atoms with Gasteiger partial charge in [0, 0.05) is 11.4 Å². The van der Waals surface area contributed by atoms with E-state index >= 15 is 0 Å². The van der Waals surface area contributed by atoms with Crippen LogP contribution >= 0.6 is 0 Å². The minimum absolute atomic E-state index is 0.159. The van der Waals surface area contributed by atoms with E-state index in [1.54, 1.807) is 0 Å². The summed E-state index contributed by atoms with van der Waals surface area (Å²) in [6.45, 7) is 25.7. The molecular formula is C30H47N. The van der Waals surface area contributed by atoms with Crippen LogP contribution in [0.4, 0.5) is 5.69 Å². The molecule has 0 saturated heterocycles. The highest BCUT2D eigenvalue weighted by Gasteiger charge is 2.29. The first-order valence-electron chi connectivity index (χ1n) is 12.0. The molecule has 1 heteroatoms. The van der Waals surface area contributed by atoms with Crippen molar-refractivity contribution in [1.82, 2.24) is 0 Å². The van der Waals surface area contributed by atoms with Crippen molar-refractivity contribution in [2.75, 3.05) is 5.32 Å². The molecule has 1 aliphatic rings. The minimum Gasteiger partial charge on any atom is -0.356 e. The summed E-state index contributed by atoms with van der Waals surface area (Å²) in [6, 6.07) is 9.02. The van der Waals surface area contributed by atoms with E-state index in [2.05, 4.69) is 130 Å². The van der Waals surface area contributed by atoms with Crippen molar-refractivity contribution in [3.8, 4) is 0 Å². The first kappa shape index (κ1) is 25.5. The van der Waals surface area contributed by atoms with Crippen LogP contribution in [0.2, 0.25) is 0 Å². The zero-order chi connectivity index (χ0) is 23.7. The maximum Gasteiger partial charge on any atom is 0.0384 e. The van der Waals surface area contributed by atoms with Crippen LogP contribution in [0.5, 0.6) is 0 Å². The van der Waals surface area contributed by atoms with Crippen LogP contribution in [-0.4, -0.2) is 0 Å². The van der Waals surface area contributed by atoms with Gasteiger partial charge in [0.1, 0.15) is 0 Å². The summed E-state index contributed by atoms with van der Waals surface area (Å²) < 4.78 is 0. The smallest absolute Gasteiger partial charge is 0.0384 e. The molecule has 0 amide bonds. The molecule has 1 unspecified atom stereocenters. The van der Waals surface area contributed by atoms with Gasteiger partial charge in [-0.1, -0.05) is 107 Å². The van der Waals surface area contributed by atoms with E-state index in [1.165, 1.54) is 16.8 Å². The second-order valence-corrected chi connectivity index (χ2v) is 13.4. The Morgan fingerprint density at radius 1 is 0.677 bits per heavy atom. The fraction of sp³-hybridized carbons (Fsp3) is 0.600. The van der Waals surface area contributed by atoms with Crippen molar-refractivity contribution in [2.24, 2.45) is 22.2 Å². The molecule has 0 heterocycles. The van der Waals surface area contributed by atoms with Gasteiger partial charge in [0.25, 0.3) is 0 Å². The van der Waals surface area contributed by atoms with Gasteiger partial charge in [0.2, 0.25) is 0 Å². The number of rotatable bonds is 6. The molecule has 31 heavy (non-hydrogen) atoms. The largest absolute Gasteiger partial charge is 0.356 e. The third kappa shape index (κ3) is 8.02. The normalized spacial score (nSPS) is 18.4. The lowest BCUT2D eigenvalue weighted by molar-refractivity contribution is 0.253. The van der Waals surface area contributed by atoms with Gasteiger partial charge in [0.15, 0.2) is 0 Å². The quantitative estimate of drug-likeness (QED) is 0.482. The van der Waals surface area contributed by atoms with Gasteiger partial charge in [-0.05, 0) is 69.8 Å². The summed E-state index contributed by atoms with van der Waals surface area (Å²) in [5.41, 5.74) is 6.12. The van der Waals surface area contributed by atoms with Crippen LogP contribution in [0.15, 0.2) is 59.8 Å². The molecule has 1 aromatic carbocycles. The van der Waals surface area contributed by atoms with Crippen molar-refractivity contribution in [1.29, 1.82) is 0 Å². The van der Waals surface area contributed by atoms with Gasteiger partial charge in [-0.2, -0.15) is 0 Å². The van der Waals surface area contributed by atoms with Gasteiger partial charge in [-0.25, -0.2) is 0 Å². The van der Waals surface area contributed by atoms with E-state index in [1.807, 2.05) is 0 Å². The zero-order valence-electron chi connectivity index (χ0n) is 22.1. The van der Waals surface area contributed by atoms with Gasteiger partial charge >= 0.3 is 0 Å². The van der Waals surface area contributed by atoms with Crippen molar-refractivity contribution in [2.45, 2.75) is 94.4 Å². The van der Waals surface area contributed by atoms with Gasteiger partial charge in [-0.15, -0.1) is 0 Å². The van der Waals surface area contributed by atoms with Crippen LogP contribution in [-0.2, 0) is 5.41 Å². The fourth-order valence-corrected chi connectivity index (χ4v) is 5.47. The summed E-state index contributed by atoms with van der Waals surface area (Å²) in [6.07, 6.45) is 11.6. The monoisotopic (exact) mass is 421 g/mol. The molecule has 1 atom stereocenters. The molecule has 0 spiro atoms. The summed E-state index contributed by atoms with van der Waals surface area (Å²) in [4.78, 5) is 0. The van der Waals surface area contributed by atoms with Crippen molar-refractivity contribution >= 4 is 5.69 Å². The first-order chi connectivity index (χ1) is 14.0. The summed E-state index contributed by atoms with van der Waals surface area (Å²) in [7, 11) is 0. The molecule has 0 saturated carbocycles. The number of allylic oxidation sites excluding steroid dienone is 5. The van der Waals surface area contributed by atoms with Crippen LogP contribution in [0.3, 0.4) is 0 Å². The van der Waals surface area contributed by atoms with Crippen LogP contribution in [0, 0.1) is 22.2 Å².